The highest BCUT2D eigenvalue weighted by atomic mass is 32.1. The van der Waals surface area contributed by atoms with E-state index in [9.17, 15) is 4.79 Å². The van der Waals surface area contributed by atoms with Crippen LogP contribution in [0.3, 0.4) is 0 Å². The highest BCUT2D eigenvalue weighted by Crippen LogP contribution is 2.40. The van der Waals surface area contributed by atoms with E-state index in [4.69, 9.17) is 9.97 Å². The lowest BCUT2D eigenvalue weighted by molar-refractivity contribution is -0.117. The third-order valence-corrected chi connectivity index (χ3v) is 7.38. The van der Waals surface area contributed by atoms with Crippen molar-refractivity contribution in [1.29, 1.82) is 0 Å². The number of nitrogens with zero attached hydrogens (tertiary/aromatic N) is 5. The summed E-state index contributed by atoms with van der Waals surface area (Å²) in [4.78, 5) is 30.2. The van der Waals surface area contributed by atoms with Crippen molar-refractivity contribution < 1.29 is 4.79 Å². The summed E-state index contributed by atoms with van der Waals surface area (Å²) in [7, 11) is 0. The summed E-state index contributed by atoms with van der Waals surface area (Å²) in [6, 6.07) is 0.300. The molecule has 2 fully saturated rings. The fourth-order valence-corrected chi connectivity index (χ4v) is 5.38. The summed E-state index contributed by atoms with van der Waals surface area (Å²) >= 11 is 1.74. The number of hydrogen-bond acceptors (Lipinski definition) is 8. The van der Waals surface area contributed by atoms with Gasteiger partial charge in [-0.05, 0) is 37.6 Å². The highest BCUT2D eigenvalue weighted by Gasteiger charge is 2.29. The molecular weight excluding hydrogens is 422 g/mol. The molecular formula is C23H31N7OS. The number of aryl methyl sites for hydroxylation is 1. The van der Waals surface area contributed by atoms with Crippen LogP contribution in [-0.2, 0) is 4.79 Å². The zero-order valence-corrected chi connectivity index (χ0v) is 19.8. The number of piperazine rings is 1. The van der Waals surface area contributed by atoms with Crippen LogP contribution in [0.25, 0.3) is 10.2 Å². The molecule has 0 radical (unpaired) electrons. The maximum absolute atomic E-state index is 11.2. The molecule has 0 spiro atoms. The monoisotopic (exact) mass is 453 g/mol. The second kappa shape index (κ2) is 8.78. The summed E-state index contributed by atoms with van der Waals surface area (Å²) < 4.78 is 1.17. The normalized spacial score (nSPS) is 20.3. The molecule has 9 heteroatoms. The SMILES string of the molecule is CC(=O)NC1=NC=C(N2CCN(C[C@H](C)Nc3nc(C4CC4)nc4c(C)csc34)CC2)C1. The number of aliphatic imine (C=N–C) groups is 1. The van der Waals surface area contributed by atoms with Crippen molar-refractivity contribution in [3.05, 3.63) is 28.7 Å². The molecule has 1 aliphatic carbocycles. The number of hydrogen-bond donors (Lipinski definition) is 2. The molecule has 2 aliphatic heterocycles. The number of fused-ring (bicyclic) bond motifs is 1. The average molecular weight is 454 g/mol. The summed E-state index contributed by atoms with van der Waals surface area (Å²) in [6.07, 6.45) is 5.03. The summed E-state index contributed by atoms with van der Waals surface area (Å²) in [5, 5.41) is 8.68. The van der Waals surface area contributed by atoms with E-state index >= 15 is 0 Å². The first-order valence-corrected chi connectivity index (χ1v) is 12.4. The fourth-order valence-electron chi connectivity index (χ4n) is 4.44. The number of carbonyl (C=O) groups excluding carboxylic acids is 1. The van der Waals surface area contributed by atoms with Crippen molar-refractivity contribution in [2.45, 2.75) is 52.0 Å². The Hall–Kier alpha value is -2.52. The molecule has 32 heavy (non-hydrogen) atoms. The highest BCUT2D eigenvalue weighted by molar-refractivity contribution is 7.18. The van der Waals surface area contributed by atoms with Gasteiger partial charge in [0.15, 0.2) is 0 Å². The van der Waals surface area contributed by atoms with E-state index in [-0.39, 0.29) is 5.91 Å². The lowest BCUT2D eigenvalue weighted by Gasteiger charge is -2.37. The second-order valence-corrected chi connectivity index (χ2v) is 10.1. The maximum atomic E-state index is 11.2. The Balaban J connectivity index is 1.15. The fraction of sp³-hybridized carbons (Fsp3) is 0.565. The molecule has 0 unspecified atom stereocenters. The molecule has 1 atom stereocenters. The average Bonchev–Trinajstić information content (AvgIpc) is 3.40. The minimum Gasteiger partial charge on any atom is -0.371 e. The van der Waals surface area contributed by atoms with Crippen LogP contribution in [0.2, 0.25) is 0 Å². The smallest absolute Gasteiger partial charge is 0.222 e. The van der Waals surface area contributed by atoms with Gasteiger partial charge >= 0.3 is 0 Å². The minimum absolute atomic E-state index is 0.0624. The molecule has 0 bridgehead atoms. The summed E-state index contributed by atoms with van der Waals surface area (Å²) in [5.74, 6) is 3.24. The van der Waals surface area contributed by atoms with Crippen LogP contribution in [0.15, 0.2) is 22.3 Å². The van der Waals surface area contributed by atoms with Crippen molar-refractivity contribution in [1.82, 2.24) is 25.1 Å². The van der Waals surface area contributed by atoms with Gasteiger partial charge in [-0.25, -0.2) is 15.0 Å². The van der Waals surface area contributed by atoms with Crippen molar-refractivity contribution in [2.24, 2.45) is 4.99 Å². The largest absolute Gasteiger partial charge is 0.371 e. The van der Waals surface area contributed by atoms with Crippen LogP contribution in [-0.4, -0.2) is 70.3 Å². The Morgan fingerprint density at radius 2 is 2.03 bits per heavy atom. The van der Waals surface area contributed by atoms with Gasteiger partial charge in [0.25, 0.3) is 0 Å². The number of amidine groups is 1. The minimum atomic E-state index is -0.0624. The van der Waals surface area contributed by atoms with Crippen molar-refractivity contribution in [3.63, 3.8) is 0 Å². The van der Waals surface area contributed by atoms with Crippen LogP contribution in [0.1, 0.15) is 50.4 Å². The van der Waals surface area contributed by atoms with Gasteiger partial charge in [0.1, 0.15) is 17.5 Å². The van der Waals surface area contributed by atoms with Gasteiger partial charge in [-0.2, -0.15) is 0 Å². The van der Waals surface area contributed by atoms with Gasteiger partial charge in [-0.15, -0.1) is 11.3 Å². The van der Waals surface area contributed by atoms with Crippen LogP contribution < -0.4 is 10.6 Å². The maximum Gasteiger partial charge on any atom is 0.222 e. The van der Waals surface area contributed by atoms with Crippen LogP contribution in [0, 0.1) is 6.92 Å². The van der Waals surface area contributed by atoms with Gasteiger partial charge in [-0.3, -0.25) is 9.69 Å². The molecule has 1 saturated heterocycles. The molecule has 0 aromatic carbocycles. The predicted molar refractivity (Wildman–Crippen MR) is 129 cm³/mol. The van der Waals surface area contributed by atoms with E-state index in [0.29, 0.717) is 18.4 Å². The number of rotatable bonds is 6. The molecule has 8 nitrogen and oxygen atoms in total. The molecule has 170 valence electrons. The number of anilines is 1. The lowest BCUT2D eigenvalue weighted by atomic mass is 10.2. The van der Waals surface area contributed by atoms with Crippen molar-refractivity contribution in [3.8, 4) is 0 Å². The van der Waals surface area contributed by atoms with E-state index in [1.807, 2.05) is 6.20 Å². The zero-order valence-electron chi connectivity index (χ0n) is 19.0. The van der Waals surface area contributed by atoms with Crippen LogP contribution in [0.5, 0.6) is 0 Å². The standard InChI is InChI=1S/C23H31N7OS/c1-14-13-32-21-20(14)27-22(17-4-5-17)28-23(21)25-15(2)12-29-6-8-30(9-7-29)18-10-19(24-11-18)26-16(3)31/h11,13,15,17H,4-10,12H2,1-3H3,(H,24,26,31)(H,25,27,28)/t15-/m0/s1. The van der Waals surface area contributed by atoms with Gasteiger partial charge < -0.3 is 15.5 Å². The molecule has 2 aromatic rings. The third-order valence-electron chi connectivity index (χ3n) is 6.28. The molecule has 2 N–H and O–H groups in total. The molecule has 1 saturated carbocycles. The van der Waals surface area contributed by atoms with E-state index < -0.39 is 0 Å². The van der Waals surface area contributed by atoms with Crippen LogP contribution in [0.4, 0.5) is 5.82 Å². The summed E-state index contributed by atoms with van der Waals surface area (Å²) in [6.45, 7) is 10.9. The first-order valence-electron chi connectivity index (χ1n) is 11.5. The van der Waals surface area contributed by atoms with Crippen molar-refractivity contribution in [2.75, 3.05) is 38.0 Å². The van der Waals surface area contributed by atoms with Gasteiger partial charge in [0, 0.05) is 69.9 Å². The Morgan fingerprint density at radius 1 is 1.25 bits per heavy atom. The van der Waals surface area contributed by atoms with Gasteiger partial charge in [0.2, 0.25) is 5.91 Å². The van der Waals surface area contributed by atoms with Gasteiger partial charge in [-0.1, -0.05) is 0 Å². The Kier molecular flexibility index (Phi) is 5.86. The Morgan fingerprint density at radius 3 is 2.75 bits per heavy atom. The predicted octanol–water partition coefficient (Wildman–Crippen LogP) is 3.07. The molecule has 5 rings (SSSR count). The first kappa shape index (κ1) is 21.3. The molecule has 1 amide bonds. The Labute approximate surface area is 192 Å². The van der Waals surface area contributed by atoms with E-state index in [1.54, 1.807) is 11.3 Å². The third kappa shape index (κ3) is 4.63. The second-order valence-electron chi connectivity index (χ2n) is 9.19. The first-order chi connectivity index (χ1) is 15.5. The number of nitrogens with one attached hydrogen (secondary N) is 2. The molecule has 3 aliphatic rings. The lowest BCUT2D eigenvalue weighted by Crippen LogP contribution is -2.48. The Bertz CT molecular complexity index is 1080. The van der Waals surface area contributed by atoms with E-state index in [1.165, 1.54) is 35.7 Å². The number of aromatic nitrogens is 2. The summed E-state index contributed by atoms with van der Waals surface area (Å²) in [5.41, 5.74) is 3.55. The van der Waals surface area contributed by atoms with Crippen molar-refractivity contribution >= 4 is 39.1 Å². The molecule has 4 heterocycles. The number of thiophene rings is 1. The van der Waals surface area contributed by atoms with E-state index in [0.717, 1.165) is 55.7 Å². The number of amides is 1. The quantitative estimate of drug-likeness (QED) is 0.699. The van der Waals surface area contributed by atoms with E-state index in [2.05, 4.69) is 44.7 Å². The number of carbonyl (C=O) groups is 1. The zero-order chi connectivity index (χ0) is 22.2. The van der Waals surface area contributed by atoms with Crippen LogP contribution >= 0.6 is 11.3 Å². The topological polar surface area (TPSA) is 85.8 Å². The van der Waals surface area contributed by atoms with Gasteiger partial charge in [0.05, 0.1) is 10.2 Å². The molecule has 2 aromatic heterocycles.